The third kappa shape index (κ3) is 2.97. The topological polar surface area (TPSA) is 59.4 Å². The van der Waals surface area contributed by atoms with Crippen LogP contribution < -0.4 is 5.32 Å². The van der Waals surface area contributed by atoms with Gasteiger partial charge in [-0.25, -0.2) is 0 Å². The summed E-state index contributed by atoms with van der Waals surface area (Å²) in [6.07, 6.45) is 5.22. The monoisotopic (exact) mass is 300 g/mol. The first-order valence-corrected chi connectivity index (χ1v) is 7.14. The Hall–Kier alpha value is -1.11. The highest BCUT2D eigenvalue weighted by molar-refractivity contribution is 6.30. The molecule has 0 bridgehead atoms. The van der Waals surface area contributed by atoms with Gasteiger partial charge in [-0.2, -0.15) is 5.10 Å². The Labute approximate surface area is 124 Å². The molecule has 1 fully saturated rings. The van der Waals surface area contributed by atoms with Gasteiger partial charge in [0.15, 0.2) is 0 Å². The molecule has 2 heterocycles. The number of hydrogen-bond acceptors (Lipinski definition) is 4. The minimum atomic E-state index is -0.555. The van der Waals surface area contributed by atoms with Crippen LogP contribution in [0.5, 0.6) is 0 Å². The fraction of sp³-hybridized carbons (Fsp3) is 0.692. The van der Waals surface area contributed by atoms with E-state index >= 15 is 0 Å². The molecule has 1 saturated heterocycles. The lowest BCUT2D eigenvalue weighted by molar-refractivity contribution is -0.135. The van der Waals surface area contributed by atoms with Crippen molar-refractivity contribution in [3.05, 3.63) is 17.4 Å². The van der Waals surface area contributed by atoms with Crippen LogP contribution >= 0.6 is 11.6 Å². The van der Waals surface area contributed by atoms with Gasteiger partial charge in [0.25, 0.3) is 0 Å². The summed E-state index contributed by atoms with van der Waals surface area (Å²) in [7, 11) is 3.30. The average molecular weight is 301 g/mol. The highest BCUT2D eigenvalue weighted by Crippen LogP contribution is 2.30. The highest BCUT2D eigenvalue weighted by Gasteiger charge is 2.46. The minimum absolute atomic E-state index is 0.0235. The molecule has 1 N–H and O–H groups in total. The van der Waals surface area contributed by atoms with Gasteiger partial charge in [-0.3, -0.25) is 14.4 Å². The van der Waals surface area contributed by atoms with Crippen molar-refractivity contribution in [2.75, 3.05) is 33.9 Å². The van der Waals surface area contributed by atoms with Crippen LogP contribution in [0.2, 0.25) is 5.02 Å². The third-order valence-electron chi connectivity index (χ3n) is 3.86. The molecule has 6 nitrogen and oxygen atoms in total. The molecular weight excluding hydrogens is 280 g/mol. The molecule has 0 spiro atoms. The molecule has 0 aromatic carbocycles. The number of aromatic nitrogens is 2. The smallest absolute Gasteiger partial charge is 0.242 e. The van der Waals surface area contributed by atoms with E-state index < -0.39 is 5.54 Å². The van der Waals surface area contributed by atoms with Crippen molar-refractivity contribution in [2.24, 2.45) is 0 Å². The van der Waals surface area contributed by atoms with Crippen LogP contribution in [0.15, 0.2) is 12.4 Å². The van der Waals surface area contributed by atoms with Crippen molar-refractivity contribution in [3.8, 4) is 0 Å². The molecular formula is C13H21ClN4O2. The molecule has 1 aromatic heterocycles. The zero-order valence-electron chi connectivity index (χ0n) is 11.9. The molecule has 1 aliphatic heterocycles. The molecule has 2 rings (SSSR count). The van der Waals surface area contributed by atoms with Crippen LogP contribution in [-0.4, -0.2) is 60.0 Å². The summed E-state index contributed by atoms with van der Waals surface area (Å²) in [4.78, 5) is 14.5. The Morgan fingerprint density at radius 2 is 2.40 bits per heavy atom. The number of ether oxygens (including phenoxy) is 1. The molecule has 20 heavy (non-hydrogen) atoms. The first-order chi connectivity index (χ1) is 9.62. The number of methoxy groups -OCH3 is 1. The lowest BCUT2D eigenvalue weighted by Gasteiger charge is -2.36. The Bertz CT molecular complexity index is 465. The number of carbonyl (C=O) groups is 1. The molecule has 0 radical (unpaired) electrons. The predicted molar refractivity (Wildman–Crippen MR) is 76.7 cm³/mol. The lowest BCUT2D eigenvalue weighted by atomic mass is 9.96. The number of hydrogen-bond donors (Lipinski definition) is 1. The summed E-state index contributed by atoms with van der Waals surface area (Å²) < 4.78 is 7.09. The summed E-state index contributed by atoms with van der Waals surface area (Å²) in [5, 5.41) is 7.55. The number of carbonyl (C=O) groups excluding carboxylic acids is 1. The van der Waals surface area contributed by atoms with Gasteiger partial charge in [-0.1, -0.05) is 11.6 Å². The van der Waals surface area contributed by atoms with Crippen molar-refractivity contribution < 1.29 is 9.53 Å². The number of nitrogens with zero attached hydrogens (tertiary/aromatic N) is 3. The third-order valence-corrected chi connectivity index (χ3v) is 4.05. The first kappa shape index (κ1) is 15.3. The van der Waals surface area contributed by atoms with E-state index in [1.54, 1.807) is 31.2 Å². The van der Waals surface area contributed by atoms with Gasteiger partial charge in [0.05, 0.1) is 24.4 Å². The fourth-order valence-corrected chi connectivity index (χ4v) is 3.06. The maximum Gasteiger partial charge on any atom is 0.242 e. The Morgan fingerprint density at radius 3 is 3.00 bits per heavy atom. The van der Waals surface area contributed by atoms with Crippen LogP contribution in [0, 0.1) is 0 Å². The predicted octanol–water partition coefficient (Wildman–Crippen LogP) is 0.763. The summed E-state index contributed by atoms with van der Waals surface area (Å²) >= 11 is 5.85. The summed E-state index contributed by atoms with van der Waals surface area (Å²) in [5.41, 5.74) is -0.555. The minimum Gasteiger partial charge on any atom is -0.382 e. The molecule has 0 saturated carbocycles. The molecule has 1 amide bonds. The van der Waals surface area contributed by atoms with Gasteiger partial charge in [0.1, 0.15) is 5.54 Å². The van der Waals surface area contributed by atoms with E-state index in [0.29, 0.717) is 18.2 Å². The second-order valence-corrected chi connectivity index (χ2v) is 5.49. The van der Waals surface area contributed by atoms with Crippen LogP contribution in [0.4, 0.5) is 0 Å². The highest BCUT2D eigenvalue weighted by atomic mass is 35.5. The van der Waals surface area contributed by atoms with E-state index in [4.69, 9.17) is 16.3 Å². The fourth-order valence-electron chi connectivity index (χ4n) is 2.90. The van der Waals surface area contributed by atoms with Crippen molar-refractivity contribution >= 4 is 17.5 Å². The second kappa shape index (κ2) is 6.56. The molecule has 0 aliphatic carbocycles. The maximum atomic E-state index is 12.3. The van der Waals surface area contributed by atoms with Gasteiger partial charge in [0.2, 0.25) is 5.91 Å². The van der Waals surface area contributed by atoms with Crippen molar-refractivity contribution in [1.29, 1.82) is 0 Å². The standard InChI is InChI=1S/C13H21ClN4O2/c1-15-12(19)13(10-20-2)4-3-5-17(13)6-7-18-9-11(14)8-16-18/h8-9H,3-7,10H2,1-2H3,(H,15,19). The van der Waals surface area contributed by atoms with Gasteiger partial charge >= 0.3 is 0 Å². The van der Waals surface area contributed by atoms with E-state index in [-0.39, 0.29) is 5.91 Å². The van der Waals surface area contributed by atoms with Crippen LogP contribution in [0.1, 0.15) is 12.8 Å². The molecule has 1 aliphatic rings. The summed E-state index contributed by atoms with van der Waals surface area (Å²) in [5.74, 6) is 0.0235. The lowest BCUT2D eigenvalue weighted by Crippen LogP contribution is -2.58. The van der Waals surface area contributed by atoms with E-state index in [0.717, 1.165) is 25.9 Å². The van der Waals surface area contributed by atoms with Gasteiger partial charge in [-0.15, -0.1) is 0 Å². The molecule has 1 aromatic rings. The number of nitrogens with one attached hydrogen (secondary N) is 1. The molecule has 1 unspecified atom stereocenters. The largest absolute Gasteiger partial charge is 0.382 e. The average Bonchev–Trinajstić information content (AvgIpc) is 3.03. The Balaban J connectivity index is 2.06. The Morgan fingerprint density at radius 1 is 1.60 bits per heavy atom. The van der Waals surface area contributed by atoms with E-state index in [2.05, 4.69) is 15.3 Å². The quantitative estimate of drug-likeness (QED) is 0.843. The first-order valence-electron chi connectivity index (χ1n) is 6.76. The molecule has 1 atom stereocenters. The van der Waals surface area contributed by atoms with E-state index in [1.807, 2.05) is 0 Å². The zero-order valence-corrected chi connectivity index (χ0v) is 12.7. The zero-order chi connectivity index (χ0) is 14.6. The van der Waals surface area contributed by atoms with Crippen molar-refractivity contribution in [2.45, 2.75) is 24.9 Å². The van der Waals surface area contributed by atoms with Crippen LogP contribution in [-0.2, 0) is 16.1 Å². The number of halogens is 1. The van der Waals surface area contributed by atoms with Crippen molar-refractivity contribution in [3.63, 3.8) is 0 Å². The van der Waals surface area contributed by atoms with Crippen LogP contribution in [0.25, 0.3) is 0 Å². The number of amides is 1. The van der Waals surface area contributed by atoms with Crippen LogP contribution in [0.3, 0.4) is 0 Å². The second-order valence-electron chi connectivity index (χ2n) is 5.06. The normalized spacial score (nSPS) is 23.1. The summed E-state index contributed by atoms with van der Waals surface area (Å²) in [6, 6.07) is 0. The van der Waals surface area contributed by atoms with Gasteiger partial charge < -0.3 is 10.1 Å². The van der Waals surface area contributed by atoms with Crippen molar-refractivity contribution in [1.82, 2.24) is 20.0 Å². The number of rotatable bonds is 6. The van der Waals surface area contributed by atoms with E-state index in [1.165, 1.54) is 0 Å². The molecule has 7 heteroatoms. The maximum absolute atomic E-state index is 12.3. The summed E-state index contributed by atoms with van der Waals surface area (Å²) in [6.45, 7) is 2.75. The van der Waals surface area contributed by atoms with Gasteiger partial charge in [0, 0.05) is 26.9 Å². The Kier molecular flexibility index (Phi) is 5.01. The van der Waals surface area contributed by atoms with Gasteiger partial charge in [-0.05, 0) is 19.4 Å². The van der Waals surface area contributed by atoms with E-state index in [9.17, 15) is 4.79 Å². The number of likely N-dealkylation sites (tertiary alicyclic amines) is 1. The number of likely N-dealkylation sites (N-methyl/N-ethyl adjacent to an activating group) is 1. The SMILES string of the molecule is CNC(=O)C1(COC)CCCN1CCn1cc(Cl)cn1. The molecule has 112 valence electrons.